The second kappa shape index (κ2) is 12.2. The SMILES string of the molecule is C=CCCCCOC(=O)[C@@H]1[C@@H]2CCC3(S2)C(C(=O)N(CC=C)C(C)(C)CC(C)(C)C)N(CCCO)C(=O)[C@H]13. The average molecular weight is 549 g/mol. The van der Waals surface area contributed by atoms with Gasteiger partial charge in [-0.3, -0.25) is 14.4 Å². The number of aliphatic hydroxyl groups excluding tert-OH is 1. The van der Waals surface area contributed by atoms with Crippen LogP contribution in [0.2, 0.25) is 0 Å². The minimum absolute atomic E-state index is 0.00677. The molecule has 38 heavy (non-hydrogen) atoms. The lowest BCUT2D eigenvalue weighted by atomic mass is 9.71. The summed E-state index contributed by atoms with van der Waals surface area (Å²) in [5.41, 5.74) is -0.470. The summed E-state index contributed by atoms with van der Waals surface area (Å²) >= 11 is 1.66. The third-order valence-electron chi connectivity index (χ3n) is 8.18. The van der Waals surface area contributed by atoms with Crippen LogP contribution in [-0.2, 0) is 19.1 Å². The molecule has 0 aromatic carbocycles. The van der Waals surface area contributed by atoms with Crippen molar-refractivity contribution in [2.75, 3.05) is 26.3 Å². The van der Waals surface area contributed by atoms with E-state index in [-0.39, 0.29) is 35.1 Å². The lowest BCUT2D eigenvalue weighted by molar-refractivity contribution is -0.154. The third kappa shape index (κ3) is 6.01. The van der Waals surface area contributed by atoms with Gasteiger partial charge in [0, 0.05) is 30.5 Å². The number of allylic oxidation sites excluding steroid dienone is 1. The zero-order valence-corrected chi connectivity index (χ0v) is 24.9. The number of hydrogen-bond acceptors (Lipinski definition) is 6. The van der Waals surface area contributed by atoms with Crippen LogP contribution in [0.25, 0.3) is 0 Å². The van der Waals surface area contributed by atoms with Gasteiger partial charge < -0.3 is 19.6 Å². The fourth-order valence-corrected chi connectivity index (χ4v) is 9.35. The normalized spacial score (nSPS) is 28.4. The lowest BCUT2D eigenvalue weighted by Crippen LogP contribution is -2.60. The molecule has 0 saturated carbocycles. The third-order valence-corrected chi connectivity index (χ3v) is 10.1. The van der Waals surface area contributed by atoms with Crippen molar-refractivity contribution in [3.05, 3.63) is 25.3 Å². The Morgan fingerprint density at radius 2 is 1.89 bits per heavy atom. The topological polar surface area (TPSA) is 87.2 Å². The molecule has 3 aliphatic rings. The van der Waals surface area contributed by atoms with E-state index in [0.29, 0.717) is 26.1 Å². The van der Waals surface area contributed by atoms with Gasteiger partial charge in [0.1, 0.15) is 6.04 Å². The van der Waals surface area contributed by atoms with Crippen LogP contribution in [0.1, 0.15) is 79.6 Å². The number of amides is 2. The van der Waals surface area contributed by atoms with Crippen LogP contribution in [-0.4, -0.2) is 80.6 Å². The molecule has 3 fully saturated rings. The smallest absolute Gasteiger partial charge is 0.310 e. The van der Waals surface area contributed by atoms with Gasteiger partial charge in [-0.25, -0.2) is 0 Å². The first-order chi connectivity index (χ1) is 17.8. The molecule has 3 heterocycles. The van der Waals surface area contributed by atoms with Crippen LogP contribution in [0.3, 0.4) is 0 Å². The molecule has 0 radical (unpaired) electrons. The number of fused-ring (bicyclic) bond motifs is 1. The standard InChI is InChI=1S/C30H48N2O5S/c1-8-10-11-12-19-37-27(36)22-21-14-15-30(38-21)23(22)25(34)31(17-13-18-33)24(30)26(35)32(16-9-2)29(6,7)20-28(3,4)5/h8-9,21-24,33H,1-2,10-20H2,3-7H3/t21-,22+,23-,24?,30?/m0/s1. The van der Waals surface area contributed by atoms with Gasteiger partial charge in [-0.2, -0.15) is 0 Å². The van der Waals surface area contributed by atoms with E-state index in [1.54, 1.807) is 22.7 Å². The molecule has 2 bridgehead atoms. The summed E-state index contributed by atoms with van der Waals surface area (Å²) in [6, 6.07) is -0.675. The molecule has 2 unspecified atom stereocenters. The van der Waals surface area contributed by atoms with Gasteiger partial charge >= 0.3 is 5.97 Å². The van der Waals surface area contributed by atoms with E-state index >= 15 is 0 Å². The van der Waals surface area contributed by atoms with Crippen molar-refractivity contribution in [2.45, 2.75) is 101 Å². The Morgan fingerprint density at radius 3 is 2.50 bits per heavy atom. The van der Waals surface area contributed by atoms with Crippen molar-refractivity contribution in [3.63, 3.8) is 0 Å². The van der Waals surface area contributed by atoms with E-state index < -0.39 is 28.2 Å². The van der Waals surface area contributed by atoms with Gasteiger partial charge in [0.25, 0.3) is 0 Å². The molecular formula is C30H48N2O5S. The molecule has 3 rings (SSSR count). The largest absolute Gasteiger partial charge is 0.465 e. The van der Waals surface area contributed by atoms with Gasteiger partial charge in [-0.1, -0.05) is 32.9 Å². The number of unbranched alkanes of at least 4 members (excludes halogenated alkanes) is 2. The maximum absolute atomic E-state index is 14.5. The number of ether oxygens (including phenoxy) is 1. The zero-order valence-electron chi connectivity index (χ0n) is 24.0. The highest BCUT2D eigenvalue weighted by molar-refractivity contribution is 8.02. The maximum Gasteiger partial charge on any atom is 0.310 e. The molecule has 8 heteroatoms. The number of carbonyl (C=O) groups is 3. The Kier molecular flexibility index (Phi) is 9.83. The number of esters is 1. The minimum atomic E-state index is -0.675. The highest BCUT2D eigenvalue weighted by Gasteiger charge is 2.74. The monoisotopic (exact) mass is 548 g/mol. The second-order valence-electron chi connectivity index (χ2n) is 12.9. The lowest BCUT2D eigenvalue weighted by Gasteiger charge is -2.46. The van der Waals surface area contributed by atoms with E-state index in [9.17, 15) is 19.5 Å². The molecule has 1 N–H and O–H groups in total. The summed E-state index contributed by atoms with van der Waals surface area (Å²) in [6.45, 7) is 19.2. The fourth-order valence-electron chi connectivity index (χ4n) is 7.15. The van der Waals surface area contributed by atoms with Gasteiger partial charge in [0.15, 0.2) is 0 Å². The van der Waals surface area contributed by atoms with E-state index in [1.807, 2.05) is 11.0 Å². The Hall–Kier alpha value is -1.80. The predicted molar refractivity (Wildman–Crippen MR) is 153 cm³/mol. The Balaban J connectivity index is 1.94. The first-order valence-corrected chi connectivity index (χ1v) is 15.0. The molecule has 1 spiro atoms. The van der Waals surface area contributed by atoms with E-state index in [4.69, 9.17) is 4.74 Å². The van der Waals surface area contributed by atoms with E-state index in [1.165, 1.54) is 0 Å². The molecule has 0 aromatic rings. The minimum Gasteiger partial charge on any atom is -0.465 e. The summed E-state index contributed by atoms with van der Waals surface area (Å²) < 4.78 is 5.02. The highest BCUT2D eigenvalue weighted by atomic mass is 32.2. The molecule has 5 atom stereocenters. The summed E-state index contributed by atoms with van der Waals surface area (Å²) in [4.78, 5) is 45.4. The highest BCUT2D eigenvalue weighted by Crippen LogP contribution is 2.66. The molecule has 2 amide bonds. The summed E-state index contributed by atoms with van der Waals surface area (Å²) in [5, 5.41) is 9.57. The summed E-state index contributed by atoms with van der Waals surface area (Å²) in [5.74, 6) is -1.65. The van der Waals surface area contributed by atoms with Gasteiger partial charge in [0.2, 0.25) is 11.8 Å². The van der Waals surface area contributed by atoms with Crippen molar-refractivity contribution in [1.29, 1.82) is 0 Å². The predicted octanol–water partition coefficient (Wildman–Crippen LogP) is 4.59. The number of aliphatic hydroxyl groups is 1. The summed E-state index contributed by atoms with van der Waals surface area (Å²) in [7, 11) is 0. The molecule has 7 nitrogen and oxygen atoms in total. The second-order valence-corrected chi connectivity index (χ2v) is 14.5. The first kappa shape index (κ1) is 30.7. The summed E-state index contributed by atoms with van der Waals surface area (Å²) in [6.07, 6.45) is 8.81. The van der Waals surface area contributed by atoms with Crippen LogP contribution in [0.15, 0.2) is 25.3 Å². The molecule has 0 aromatic heterocycles. The molecule has 214 valence electrons. The van der Waals surface area contributed by atoms with Crippen molar-refractivity contribution in [3.8, 4) is 0 Å². The van der Waals surface area contributed by atoms with Crippen LogP contribution in [0.4, 0.5) is 0 Å². The van der Waals surface area contributed by atoms with Crippen LogP contribution >= 0.6 is 11.8 Å². The van der Waals surface area contributed by atoms with Crippen LogP contribution in [0.5, 0.6) is 0 Å². The Bertz CT molecular complexity index is 913. The first-order valence-electron chi connectivity index (χ1n) is 14.1. The van der Waals surface area contributed by atoms with Gasteiger partial charge in [0.05, 0.1) is 23.2 Å². The quantitative estimate of drug-likeness (QED) is 0.194. The fraction of sp³-hybridized carbons (Fsp3) is 0.767. The number of likely N-dealkylation sites (tertiary alicyclic amines) is 1. The van der Waals surface area contributed by atoms with Crippen LogP contribution in [0, 0.1) is 17.3 Å². The van der Waals surface area contributed by atoms with Crippen molar-refractivity contribution in [1.82, 2.24) is 9.80 Å². The molecule has 3 saturated heterocycles. The average Bonchev–Trinajstić information content (AvgIpc) is 3.46. The van der Waals surface area contributed by atoms with E-state index in [0.717, 1.165) is 38.5 Å². The Morgan fingerprint density at radius 1 is 1.18 bits per heavy atom. The molecular weight excluding hydrogens is 500 g/mol. The zero-order chi connectivity index (χ0) is 28.3. The van der Waals surface area contributed by atoms with Crippen molar-refractivity contribution >= 4 is 29.5 Å². The van der Waals surface area contributed by atoms with Gasteiger partial charge in [-0.05, 0) is 64.2 Å². The van der Waals surface area contributed by atoms with Crippen molar-refractivity contribution < 1.29 is 24.2 Å². The number of rotatable bonds is 14. The number of thioether (sulfide) groups is 1. The number of carbonyl (C=O) groups excluding carboxylic acids is 3. The Labute approximate surface area is 233 Å². The maximum atomic E-state index is 14.5. The number of hydrogen-bond donors (Lipinski definition) is 1. The van der Waals surface area contributed by atoms with Gasteiger partial charge in [-0.15, -0.1) is 24.9 Å². The van der Waals surface area contributed by atoms with Crippen molar-refractivity contribution in [2.24, 2.45) is 17.3 Å². The molecule has 0 aliphatic carbocycles. The number of nitrogens with zero attached hydrogens (tertiary/aromatic N) is 2. The molecule has 3 aliphatic heterocycles. The van der Waals surface area contributed by atoms with Crippen LogP contribution < -0.4 is 0 Å². The van der Waals surface area contributed by atoms with E-state index in [2.05, 4.69) is 47.8 Å².